The van der Waals surface area contributed by atoms with Crippen molar-refractivity contribution >= 4 is 40.3 Å². The average molecular weight is 593 g/mol. The van der Waals surface area contributed by atoms with Crippen LogP contribution in [0.2, 0.25) is 5.02 Å². The molecule has 3 aromatic rings. The number of carbonyl (C=O) groups is 3. The Kier molecular flexibility index (Phi) is 8.38. The van der Waals surface area contributed by atoms with Gasteiger partial charge in [0.15, 0.2) is 5.58 Å². The van der Waals surface area contributed by atoms with Gasteiger partial charge in [-0.3, -0.25) is 14.4 Å². The van der Waals surface area contributed by atoms with Crippen molar-refractivity contribution in [2.45, 2.75) is 64.5 Å². The Morgan fingerprint density at radius 2 is 1.88 bits per heavy atom. The van der Waals surface area contributed by atoms with Crippen LogP contribution in [-0.4, -0.2) is 58.9 Å². The maximum absolute atomic E-state index is 14.4. The number of nitrogens with zero attached hydrogens (tertiary/aromatic N) is 3. The van der Waals surface area contributed by atoms with Crippen LogP contribution < -0.4 is 10.1 Å². The Bertz CT molecular complexity index is 1490. The molecule has 6 rings (SSSR count). The number of ether oxygens (including phenoxy) is 1. The lowest BCUT2D eigenvalue weighted by molar-refractivity contribution is -0.147. The fraction of sp³-hybridized carbons (Fsp3) is 0.500. The zero-order valence-electron chi connectivity index (χ0n) is 23.9. The third-order valence-corrected chi connectivity index (χ3v) is 9.36. The highest BCUT2D eigenvalue weighted by molar-refractivity contribution is 6.31. The molecule has 0 bridgehead atoms. The maximum Gasteiger partial charge on any atom is 0.227 e. The molecule has 1 N–H and O–H groups in total. The predicted molar refractivity (Wildman–Crippen MR) is 158 cm³/mol. The number of halogens is 1. The van der Waals surface area contributed by atoms with Crippen molar-refractivity contribution in [3.63, 3.8) is 0 Å². The molecule has 222 valence electrons. The highest BCUT2D eigenvalue weighted by Crippen LogP contribution is 2.43. The molecule has 2 unspecified atom stereocenters. The van der Waals surface area contributed by atoms with Crippen LogP contribution in [0.1, 0.15) is 68.3 Å². The number of aromatic nitrogens is 1. The van der Waals surface area contributed by atoms with Gasteiger partial charge in [0.2, 0.25) is 17.7 Å². The number of likely N-dealkylation sites (tertiary alicyclic amines) is 1. The summed E-state index contributed by atoms with van der Waals surface area (Å²) in [4.78, 5) is 43.9. The molecule has 2 aliphatic heterocycles. The van der Waals surface area contributed by atoms with Crippen molar-refractivity contribution < 1.29 is 23.6 Å². The molecule has 3 atom stereocenters. The summed E-state index contributed by atoms with van der Waals surface area (Å²) >= 11 is 6.76. The van der Waals surface area contributed by atoms with Gasteiger partial charge in [-0.1, -0.05) is 41.7 Å². The molecule has 1 saturated carbocycles. The van der Waals surface area contributed by atoms with Crippen LogP contribution in [0.3, 0.4) is 0 Å². The molecule has 2 aromatic carbocycles. The van der Waals surface area contributed by atoms with Crippen molar-refractivity contribution in [1.29, 1.82) is 0 Å². The highest BCUT2D eigenvalue weighted by atomic mass is 35.5. The molecular weight excluding hydrogens is 556 g/mol. The van der Waals surface area contributed by atoms with Crippen molar-refractivity contribution in [2.24, 2.45) is 11.8 Å². The first kappa shape index (κ1) is 28.5. The van der Waals surface area contributed by atoms with Crippen molar-refractivity contribution in [3.05, 3.63) is 58.2 Å². The van der Waals surface area contributed by atoms with E-state index < -0.39 is 12.0 Å². The van der Waals surface area contributed by atoms with Gasteiger partial charge in [0.1, 0.15) is 18.1 Å². The molecular formula is C32H37ClN4O5. The zero-order chi connectivity index (χ0) is 29.2. The Morgan fingerprint density at radius 1 is 1.07 bits per heavy atom. The van der Waals surface area contributed by atoms with Crippen LogP contribution in [-0.2, 0) is 27.4 Å². The fourth-order valence-electron chi connectivity index (χ4n) is 6.91. The Balaban J connectivity index is 1.35. The molecule has 3 heterocycles. The van der Waals surface area contributed by atoms with Gasteiger partial charge in [0.25, 0.3) is 0 Å². The minimum Gasteiger partial charge on any atom is -0.487 e. The number of carbonyl (C=O) groups excluding carboxylic acids is 3. The smallest absolute Gasteiger partial charge is 0.227 e. The molecule has 1 aromatic heterocycles. The first-order valence-corrected chi connectivity index (χ1v) is 15.5. The molecule has 2 fully saturated rings. The SMILES string of the molecule is CCNC(=O)C1CCCCC1C(=O)N1CCc2c(Cl)ccc(OCc3noc4ccccc34)c2[C@H]1CN1CCCC1=O. The Labute approximate surface area is 250 Å². The second kappa shape index (κ2) is 12.3. The van der Waals surface area contributed by atoms with E-state index in [1.807, 2.05) is 53.1 Å². The lowest BCUT2D eigenvalue weighted by Crippen LogP contribution is -2.51. The van der Waals surface area contributed by atoms with Crippen LogP contribution in [0.5, 0.6) is 5.75 Å². The number of benzene rings is 2. The molecule has 9 nitrogen and oxygen atoms in total. The van der Waals surface area contributed by atoms with Crippen LogP contribution >= 0.6 is 11.6 Å². The minimum atomic E-state index is -0.442. The molecule has 3 amide bonds. The summed E-state index contributed by atoms with van der Waals surface area (Å²) in [6.07, 6.45) is 5.10. The third-order valence-electron chi connectivity index (χ3n) is 9.01. The number of amides is 3. The van der Waals surface area contributed by atoms with Gasteiger partial charge in [-0.25, -0.2) is 0 Å². The summed E-state index contributed by atoms with van der Waals surface area (Å²) in [5.41, 5.74) is 3.13. The van der Waals surface area contributed by atoms with Gasteiger partial charge in [-0.05, 0) is 62.4 Å². The van der Waals surface area contributed by atoms with Gasteiger partial charge in [-0.2, -0.15) is 0 Å². The number of nitrogens with one attached hydrogen (secondary N) is 1. The summed E-state index contributed by atoms with van der Waals surface area (Å²) in [6.45, 7) is 4.09. The van der Waals surface area contributed by atoms with E-state index in [4.69, 9.17) is 20.9 Å². The molecule has 0 radical (unpaired) electrons. The first-order valence-electron chi connectivity index (χ1n) is 15.1. The van der Waals surface area contributed by atoms with E-state index in [9.17, 15) is 14.4 Å². The maximum atomic E-state index is 14.4. The van der Waals surface area contributed by atoms with Gasteiger partial charge in [0.05, 0.1) is 6.04 Å². The monoisotopic (exact) mass is 592 g/mol. The van der Waals surface area contributed by atoms with Crippen LogP contribution in [0, 0.1) is 11.8 Å². The van der Waals surface area contributed by atoms with Gasteiger partial charge in [0, 0.05) is 60.4 Å². The zero-order valence-corrected chi connectivity index (χ0v) is 24.7. The molecule has 10 heteroatoms. The van der Waals surface area contributed by atoms with Crippen molar-refractivity contribution in [1.82, 2.24) is 20.3 Å². The summed E-state index contributed by atoms with van der Waals surface area (Å²) in [6, 6.07) is 10.9. The number of hydrogen-bond donors (Lipinski definition) is 1. The quantitative estimate of drug-likeness (QED) is 0.392. The lowest BCUT2D eigenvalue weighted by Gasteiger charge is -2.43. The Hall–Kier alpha value is -3.59. The first-order chi connectivity index (χ1) is 20.5. The van der Waals surface area contributed by atoms with Crippen molar-refractivity contribution in [2.75, 3.05) is 26.2 Å². The van der Waals surface area contributed by atoms with Gasteiger partial charge >= 0.3 is 0 Å². The van der Waals surface area contributed by atoms with Crippen molar-refractivity contribution in [3.8, 4) is 5.75 Å². The number of para-hydroxylation sites is 1. The molecule has 0 spiro atoms. The van der Waals surface area contributed by atoms with E-state index in [1.165, 1.54) is 0 Å². The van der Waals surface area contributed by atoms with Crippen LogP contribution in [0.25, 0.3) is 11.0 Å². The number of rotatable bonds is 8. The summed E-state index contributed by atoms with van der Waals surface area (Å²) in [5, 5.41) is 8.65. The van der Waals surface area contributed by atoms with E-state index in [1.54, 1.807) is 0 Å². The predicted octanol–water partition coefficient (Wildman–Crippen LogP) is 5.05. The second-order valence-electron chi connectivity index (χ2n) is 11.5. The molecule has 1 saturated heterocycles. The average Bonchev–Trinajstić information content (AvgIpc) is 3.62. The fourth-order valence-corrected chi connectivity index (χ4v) is 7.17. The van der Waals surface area contributed by atoms with Crippen LogP contribution in [0.4, 0.5) is 0 Å². The van der Waals surface area contributed by atoms with Crippen LogP contribution in [0.15, 0.2) is 40.9 Å². The van der Waals surface area contributed by atoms with Gasteiger partial charge in [-0.15, -0.1) is 0 Å². The number of hydrogen-bond acceptors (Lipinski definition) is 6. The minimum absolute atomic E-state index is 0.0262. The topological polar surface area (TPSA) is 105 Å². The lowest BCUT2D eigenvalue weighted by atomic mass is 9.77. The Morgan fingerprint density at radius 3 is 2.67 bits per heavy atom. The summed E-state index contributed by atoms with van der Waals surface area (Å²) in [7, 11) is 0. The standard InChI is InChI=1S/C32H37ClN4O5/c1-2-34-31(39)20-8-3-4-9-21(20)32(40)37-17-15-22-24(33)13-14-28(30(22)26(37)18-36-16-7-12-29(36)38)41-19-25-23-10-5-6-11-27(23)42-35-25/h5-6,10-11,13-14,20-21,26H,2-4,7-9,12,15-19H2,1H3,(H,34,39)/t20?,21?,26-/m1/s1. The molecule has 1 aliphatic carbocycles. The highest BCUT2D eigenvalue weighted by Gasteiger charge is 2.43. The molecule has 3 aliphatic rings. The van der Waals surface area contributed by atoms with E-state index in [0.717, 1.165) is 35.8 Å². The summed E-state index contributed by atoms with van der Waals surface area (Å²) < 4.78 is 11.9. The normalized spacial score (nSPS) is 22.3. The summed E-state index contributed by atoms with van der Waals surface area (Å²) in [5.74, 6) is -0.121. The second-order valence-corrected chi connectivity index (χ2v) is 11.9. The largest absolute Gasteiger partial charge is 0.487 e. The van der Waals surface area contributed by atoms with E-state index in [-0.39, 0.29) is 30.2 Å². The van der Waals surface area contributed by atoms with Gasteiger partial charge < -0.3 is 24.4 Å². The van der Waals surface area contributed by atoms with E-state index in [2.05, 4.69) is 10.5 Å². The van der Waals surface area contributed by atoms with E-state index >= 15 is 0 Å². The number of fused-ring (bicyclic) bond motifs is 2. The third kappa shape index (κ3) is 5.46. The van der Waals surface area contributed by atoms with E-state index in [0.29, 0.717) is 73.9 Å². The molecule has 42 heavy (non-hydrogen) atoms.